The number of hydrogen-bond donors (Lipinski definition) is 1. The molecule has 0 saturated heterocycles. The Labute approximate surface area is 153 Å². The highest BCUT2D eigenvalue weighted by Crippen LogP contribution is 2.34. The van der Waals surface area contributed by atoms with E-state index < -0.39 is 0 Å². The van der Waals surface area contributed by atoms with Crippen LogP contribution in [0.25, 0.3) is 0 Å². The number of aromatic nitrogens is 2. The molecule has 0 radical (unpaired) electrons. The highest BCUT2D eigenvalue weighted by Gasteiger charge is 2.30. The number of carbonyl (C=O) groups is 1. The van der Waals surface area contributed by atoms with E-state index in [0.29, 0.717) is 30.1 Å². The maximum Gasteiger partial charge on any atom is 0.318 e. The smallest absolute Gasteiger partial charge is 0.318 e. The molecule has 1 amide bonds. The summed E-state index contributed by atoms with van der Waals surface area (Å²) in [5.41, 5.74) is 9.33. The SMILES string of the molecule is COc1nc(N)c2c(n1)CCN(c1ccc(C3CCCCC3)cc1)C2=O. The molecule has 2 heterocycles. The first-order chi connectivity index (χ1) is 12.7. The van der Waals surface area contributed by atoms with Crippen molar-refractivity contribution in [3.8, 4) is 6.01 Å². The summed E-state index contributed by atoms with van der Waals surface area (Å²) in [7, 11) is 1.49. The normalized spacial score (nSPS) is 17.9. The standard InChI is InChI=1S/C20H24N4O2/c1-26-20-22-16-11-12-24(19(25)17(16)18(21)23-20)15-9-7-14(8-10-15)13-5-3-2-4-6-13/h7-10,13H,2-6,11-12H2,1H3,(H2,21,22,23). The number of ether oxygens (including phenoxy) is 1. The summed E-state index contributed by atoms with van der Waals surface area (Å²) >= 11 is 0. The van der Waals surface area contributed by atoms with E-state index in [0.717, 1.165) is 5.69 Å². The topological polar surface area (TPSA) is 81.3 Å². The van der Waals surface area contributed by atoms with Crippen molar-refractivity contribution in [3.63, 3.8) is 0 Å². The average molecular weight is 352 g/mol. The summed E-state index contributed by atoms with van der Waals surface area (Å²) in [6, 6.07) is 8.64. The van der Waals surface area contributed by atoms with Crippen molar-refractivity contribution in [2.75, 3.05) is 24.3 Å². The van der Waals surface area contributed by atoms with Crippen LogP contribution in [0.2, 0.25) is 0 Å². The van der Waals surface area contributed by atoms with Crippen molar-refractivity contribution < 1.29 is 9.53 Å². The molecular weight excluding hydrogens is 328 g/mol. The van der Waals surface area contributed by atoms with Gasteiger partial charge in [0.05, 0.1) is 12.8 Å². The first-order valence-corrected chi connectivity index (χ1v) is 9.29. The van der Waals surface area contributed by atoms with Crippen LogP contribution < -0.4 is 15.4 Å². The van der Waals surface area contributed by atoms with Gasteiger partial charge in [0.25, 0.3) is 5.91 Å². The molecule has 2 aliphatic rings. The molecule has 1 aliphatic heterocycles. The van der Waals surface area contributed by atoms with Crippen LogP contribution in [0, 0.1) is 0 Å². The van der Waals surface area contributed by atoms with Crippen LogP contribution in [0.4, 0.5) is 11.5 Å². The summed E-state index contributed by atoms with van der Waals surface area (Å²) < 4.78 is 5.05. The number of amides is 1. The second kappa shape index (κ2) is 6.94. The lowest BCUT2D eigenvalue weighted by atomic mass is 9.84. The van der Waals surface area contributed by atoms with Crippen LogP contribution in [-0.4, -0.2) is 29.5 Å². The van der Waals surface area contributed by atoms with Crippen LogP contribution >= 0.6 is 0 Å². The van der Waals surface area contributed by atoms with Crippen molar-refractivity contribution >= 4 is 17.4 Å². The number of anilines is 2. The predicted molar refractivity (Wildman–Crippen MR) is 101 cm³/mol. The third-order valence-electron chi connectivity index (χ3n) is 5.49. The molecule has 1 aliphatic carbocycles. The molecule has 6 heteroatoms. The second-order valence-electron chi connectivity index (χ2n) is 7.05. The summed E-state index contributed by atoms with van der Waals surface area (Å²) in [6.07, 6.45) is 7.16. The number of carbonyl (C=O) groups excluding carboxylic acids is 1. The minimum Gasteiger partial charge on any atom is -0.467 e. The van der Waals surface area contributed by atoms with Crippen molar-refractivity contribution in [1.29, 1.82) is 0 Å². The zero-order valence-electron chi connectivity index (χ0n) is 15.1. The molecule has 0 bridgehead atoms. The molecule has 1 aromatic carbocycles. The predicted octanol–water partition coefficient (Wildman–Crippen LogP) is 3.32. The van der Waals surface area contributed by atoms with Gasteiger partial charge in [0, 0.05) is 18.7 Å². The number of methoxy groups -OCH3 is 1. The van der Waals surface area contributed by atoms with Gasteiger partial charge in [-0.25, -0.2) is 0 Å². The van der Waals surface area contributed by atoms with E-state index in [1.807, 2.05) is 12.1 Å². The molecular formula is C20H24N4O2. The lowest BCUT2D eigenvalue weighted by molar-refractivity contribution is 0.0980. The van der Waals surface area contributed by atoms with Gasteiger partial charge in [-0.15, -0.1) is 0 Å². The maximum absolute atomic E-state index is 12.9. The van der Waals surface area contributed by atoms with Gasteiger partial charge in [-0.2, -0.15) is 9.97 Å². The zero-order chi connectivity index (χ0) is 18.1. The Kier molecular flexibility index (Phi) is 4.49. The number of fused-ring (bicyclic) bond motifs is 1. The molecule has 2 N–H and O–H groups in total. The van der Waals surface area contributed by atoms with E-state index in [-0.39, 0.29) is 17.7 Å². The van der Waals surface area contributed by atoms with Crippen molar-refractivity contribution in [2.45, 2.75) is 44.4 Å². The first kappa shape index (κ1) is 16.8. The fourth-order valence-corrected chi connectivity index (χ4v) is 4.07. The Morgan fingerprint density at radius 2 is 1.85 bits per heavy atom. The van der Waals surface area contributed by atoms with Crippen LogP contribution in [0.1, 0.15) is 59.6 Å². The van der Waals surface area contributed by atoms with Crippen LogP contribution in [-0.2, 0) is 6.42 Å². The quantitative estimate of drug-likeness (QED) is 0.916. The Hall–Kier alpha value is -2.63. The van der Waals surface area contributed by atoms with Gasteiger partial charge in [0.1, 0.15) is 11.4 Å². The van der Waals surface area contributed by atoms with Crippen LogP contribution in [0.3, 0.4) is 0 Å². The van der Waals surface area contributed by atoms with Crippen LogP contribution in [0.15, 0.2) is 24.3 Å². The van der Waals surface area contributed by atoms with Gasteiger partial charge >= 0.3 is 6.01 Å². The number of hydrogen-bond acceptors (Lipinski definition) is 5. The van der Waals surface area contributed by atoms with Crippen LogP contribution in [0.5, 0.6) is 6.01 Å². The van der Waals surface area contributed by atoms with E-state index in [1.54, 1.807) is 4.90 Å². The number of rotatable bonds is 3. The Bertz CT molecular complexity index is 813. The Morgan fingerprint density at radius 3 is 2.54 bits per heavy atom. The van der Waals surface area contributed by atoms with Crippen molar-refractivity contribution in [2.24, 2.45) is 0 Å². The fraction of sp³-hybridized carbons (Fsp3) is 0.450. The minimum absolute atomic E-state index is 0.142. The summed E-state index contributed by atoms with van der Waals surface area (Å²) in [5.74, 6) is 0.698. The molecule has 136 valence electrons. The van der Waals surface area contributed by atoms with Gasteiger partial charge in [-0.05, 0) is 36.5 Å². The molecule has 1 fully saturated rings. The van der Waals surface area contributed by atoms with E-state index in [9.17, 15) is 4.79 Å². The van der Waals surface area contributed by atoms with E-state index in [4.69, 9.17) is 10.5 Å². The molecule has 0 unspecified atom stereocenters. The Balaban J connectivity index is 1.58. The Morgan fingerprint density at radius 1 is 1.12 bits per heavy atom. The summed E-state index contributed by atoms with van der Waals surface area (Å²) in [5, 5.41) is 0. The van der Waals surface area contributed by atoms with Crippen molar-refractivity contribution in [3.05, 3.63) is 41.1 Å². The van der Waals surface area contributed by atoms with Crippen molar-refractivity contribution in [1.82, 2.24) is 9.97 Å². The number of nitrogens with zero attached hydrogens (tertiary/aromatic N) is 3. The van der Waals surface area contributed by atoms with Gasteiger partial charge in [0.2, 0.25) is 0 Å². The highest BCUT2D eigenvalue weighted by atomic mass is 16.5. The second-order valence-corrected chi connectivity index (χ2v) is 7.05. The summed E-state index contributed by atoms with van der Waals surface area (Å²) in [4.78, 5) is 23.1. The van der Waals surface area contributed by atoms with E-state index in [2.05, 4.69) is 22.1 Å². The maximum atomic E-state index is 12.9. The van der Waals surface area contributed by atoms with Gasteiger partial charge in [0.15, 0.2) is 0 Å². The zero-order valence-corrected chi connectivity index (χ0v) is 15.1. The van der Waals surface area contributed by atoms with Gasteiger partial charge in [-0.1, -0.05) is 31.4 Å². The first-order valence-electron chi connectivity index (χ1n) is 9.29. The largest absolute Gasteiger partial charge is 0.467 e. The molecule has 2 aromatic rings. The van der Waals surface area contributed by atoms with E-state index >= 15 is 0 Å². The monoisotopic (exact) mass is 352 g/mol. The lowest BCUT2D eigenvalue weighted by Crippen LogP contribution is -2.39. The molecule has 0 atom stereocenters. The average Bonchev–Trinajstić information content (AvgIpc) is 2.68. The third-order valence-corrected chi connectivity index (χ3v) is 5.49. The fourth-order valence-electron chi connectivity index (χ4n) is 4.07. The van der Waals surface area contributed by atoms with Gasteiger partial charge < -0.3 is 15.4 Å². The summed E-state index contributed by atoms with van der Waals surface area (Å²) in [6.45, 7) is 0.578. The highest BCUT2D eigenvalue weighted by molar-refractivity contribution is 6.10. The van der Waals surface area contributed by atoms with E-state index in [1.165, 1.54) is 44.8 Å². The number of nitrogen functional groups attached to an aromatic ring is 1. The molecule has 0 spiro atoms. The molecule has 4 rings (SSSR count). The molecule has 1 saturated carbocycles. The van der Waals surface area contributed by atoms with Gasteiger partial charge in [-0.3, -0.25) is 4.79 Å². The minimum atomic E-state index is -0.142. The number of nitrogens with two attached hydrogens (primary N) is 1. The third kappa shape index (κ3) is 3.00. The lowest BCUT2D eigenvalue weighted by Gasteiger charge is -2.29. The molecule has 6 nitrogen and oxygen atoms in total. The molecule has 1 aromatic heterocycles. The molecule has 26 heavy (non-hydrogen) atoms. The number of benzene rings is 1.